The summed E-state index contributed by atoms with van der Waals surface area (Å²) in [4.78, 5) is 0. The van der Waals surface area contributed by atoms with Crippen LogP contribution in [-0.4, -0.2) is 56.0 Å². The summed E-state index contributed by atoms with van der Waals surface area (Å²) in [5, 5.41) is 0.408. The Labute approximate surface area is 222 Å². The van der Waals surface area contributed by atoms with E-state index in [4.69, 9.17) is 18.0 Å². The van der Waals surface area contributed by atoms with Gasteiger partial charge in [0.1, 0.15) is 6.10 Å². The van der Waals surface area contributed by atoms with E-state index in [0.29, 0.717) is 6.61 Å². The molecule has 0 aromatic carbocycles. The smallest absolute Gasteiger partial charge is 0.192 e. The fourth-order valence-electron chi connectivity index (χ4n) is 3.49. The van der Waals surface area contributed by atoms with Crippen molar-refractivity contribution in [2.24, 2.45) is 5.92 Å². The van der Waals surface area contributed by atoms with Crippen LogP contribution in [0.25, 0.3) is 0 Å². The van der Waals surface area contributed by atoms with Crippen LogP contribution in [0.2, 0.25) is 54.4 Å². The van der Waals surface area contributed by atoms with Crippen molar-refractivity contribution >= 4 is 25.0 Å². The van der Waals surface area contributed by atoms with Gasteiger partial charge in [-0.15, -0.1) is 6.58 Å². The van der Waals surface area contributed by atoms with Crippen molar-refractivity contribution < 1.29 is 18.0 Å². The van der Waals surface area contributed by atoms with E-state index in [-0.39, 0.29) is 45.4 Å². The molecule has 0 aromatic heterocycles. The lowest BCUT2D eigenvalue weighted by Gasteiger charge is -2.50. The van der Waals surface area contributed by atoms with Crippen LogP contribution >= 0.6 is 0 Å². The van der Waals surface area contributed by atoms with Crippen LogP contribution in [0.4, 0.5) is 0 Å². The summed E-state index contributed by atoms with van der Waals surface area (Å²) in [7, 11) is -5.93. The van der Waals surface area contributed by atoms with Crippen molar-refractivity contribution in [1.29, 1.82) is 0 Å². The Morgan fingerprint density at radius 3 is 1.54 bits per heavy atom. The molecule has 7 heteroatoms. The first-order valence-electron chi connectivity index (χ1n) is 13.6. The van der Waals surface area contributed by atoms with Crippen molar-refractivity contribution in [2.45, 2.75) is 154 Å². The third kappa shape index (κ3) is 8.36. The second kappa shape index (κ2) is 11.1. The third-order valence-electron chi connectivity index (χ3n) is 9.39. The minimum absolute atomic E-state index is 0.0113. The third-order valence-corrected chi connectivity index (χ3v) is 22.9. The van der Waals surface area contributed by atoms with E-state index < -0.39 is 25.0 Å². The highest BCUT2D eigenvalue weighted by atomic mass is 28.4. The Kier molecular flexibility index (Phi) is 10.6. The molecule has 0 spiro atoms. The quantitative estimate of drug-likeness (QED) is 0.215. The lowest BCUT2D eigenvalue weighted by Crippen LogP contribution is -2.59. The number of rotatable bonds is 9. The normalized spacial score (nSPS) is 26.5. The van der Waals surface area contributed by atoms with E-state index >= 15 is 0 Å². The monoisotopic (exact) mass is 544 g/mol. The molecule has 0 N–H and O–H groups in total. The zero-order valence-electron chi connectivity index (χ0n) is 26.2. The maximum Gasteiger partial charge on any atom is 0.192 e. The topological polar surface area (TPSA) is 36.9 Å². The lowest BCUT2D eigenvalue weighted by atomic mass is 9.91. The second-order valence-corrected chi connectivity index (χ2v) is 29.7. The maximum absolute atomic E-state index is 7.06. The molecule has 0 saturated carbocycles. The van der Waals surface area contributed by atoms with Crippen molar-refractivity contribution in [1.82, 2.24) is 0 Å². The Hall–Kier alpha value is 0.231. The Morgan fingerprint density at radius 2 is 1.17 bits per heavy atom. The van der Waals surface area contributed by atoms with Gasteiger partial charge in [0.15, 0.2) is 25.0 Å². The average Bonchev–Trinajstić information content (AvgIpc) is 2.63. The molecular weight excluding hydrogens is 485 g/mol. The zero-order chi connectivity index (χ0) is 27.8. The van der Waals surface area contributed by atoms with Crippen molar-refractivity contribution in [3.8, 4) is 0 Å². The maximum atomic E-state index is 7.06. The van der Waals surface area contributed by atoms with Crippen molar-refractivity contribution in [3.05, 3.63) is 12.7 Å². The van der Waals surface area contributed by atoms with E-state index in [1.807, 2.05) is 6.08 Å². The second-order valence-electron chi connectivity index (χ2n) is 15.4. The number of hydrogen-bond acceptors (Lipinski definition) is 4. The first kappa shape index (κ1) is 33.3. The Morgan fingerprint density at radius 1 is 0.771 bits per heavy atom. The molecule has 5 atom stereocenters. The number of hydrogen-bond donors (Lipinski definition) is 0. The molecule has 208 valence electrons. The highest BCUT2D eigenvalue weighted by molar-refractivity contribution is 6.75. The van der Waals surface area contributed by atoms with Crippen LogP contribution in [-0.2, 0) is 18.0 Å². The molecule has 1 rings (SSSR count). The van der Waals surface area contributed by atoms with Crippen LogP contribution in [0.15, 0.2) is 12.7 Å². The Balaban J connectivity index is 3.37. The molecule has 0 aliphatic carbocycles. The predicted octanol–water partition coefficient (Wildman–Crippen LogP) is 8.77. The van der Waals surface area contributed by atoms with Gasteiger partial charge in [0.25, 0.3) is 0 Å². The van der Waals surface area contributed by atoms with Gasteiger partial charge in [0.05, 0.1) is 24.9 Å². The molecule has 1 aliphatic rings. The van der Waals surface area contributed by atoms with Gasteiger partial charge in [-0.3, -0.25) is 0 Å². The minimum atomic E-state index is -2.02. The molecule has 4 nitrogen and oxygen atoms in total. The summed E-state index contributed by atoms with van der Waals surface area (Å²) in [6.07, 6.45) is 2.64. The largest absolute Gasteiger partial charge is 0.414 e. The molecule has 0 unspecified atom stereocenters. The van der Waals surface area contributed by atoms with Crippen LogP contribution in [0, 0.1) is 5.92 Å². The van der Waals surface area contributed by atoms with Gasteiger partial charge in [-0.25, -0.2) is 0 Å². The summed E-state index contributed by atoms with van der Waals surface area (Å²) in [5.41, 5.74) is 0. The van der Waals surface area contributed by atoms with Crippen LogP contribution < -0.4 is 0 Å². The van der Waals surface area contributed by atoms with Crippen LogP contribution in [0.1, 0.15) is 75.7 Å². The van der Waals surface area contributed by atoms with Crippen molar-refractivity contribution in [2.75, 3.05) is 6.61 Å². The van der Waals surface area contributed by atoms with E-state index in [1.165, 1.54) is 0 Å². The fraction of sp³-hybridized carbons (Fsp3) is 0.929. The van der Waals surface area contributed by atoms with Gasteiger partial charge in [0.2, 0.25) is 0 Å². The molecule has 0 amide bonds. The van der Waals surface area contributed by atoms with Gasteiger partial charge < -0.3 is 18.0 Å². The van der Waals surface area contributed by atoms with Crippen molar-refractivity contribution in [3.63, 3.8) is 0 Å². The standard InChI is InChI=1S/C28H60O4Si3/c1-18-21(2)25-23(32-35(16,17)28(9,10)11)19-22(31-34(14,15)27(6,7)8)24(30-25)20-29-33(12,13)26(3,4)5/h18,21-25H,1,19-20H2,2-17H3/t21-,22-,23-,24+,25-/m0/s1. The summed E-state index contributed by atoms with van der Waals surface area (Å²) in [6.45, 7) is 41.5. The molecule has 1 fully saturated rings. The summed E-state index contributed by atoms with van der Waals surface area (Å²) < 4.78 is 27.7. The first-order valence-corrected chi connectivity index (χ1v) is 22.4. The number of ether oxygens (including phenoxy) is 1. The van der Waals surface area contributed by atoms with Gasteiger partial charge in [-0.1, -0.05) is 75.3 Å². The first-order chi connectivity index (χ1) is 15.4. The Bertz CT molecular complexity index is 698. The van der Waals surface area contributed by atoms with E-state index in [1.54, 1.807) is 0 Å². The minimum Gasteiger partial charge on any atom is -0.414 e. The van der Waals surface area contributed by atoms with Gasteiger partial charge in [-0.2, -0.15) is 0 Å². The van der Waals surface area contributed by atoms with Crippen LogP contribution in [0.3, 0.4) is 0 Å². The molecule has 0 bridgehead atoms. The highest BCUT2D eigenvalue weighted by Crippen LogP contribution is 2.44. The molecular formula is C28H60O4Si3. The highest BCUT2D eigenvalue weighted by Gasteiger charge is 2.50. The van der Waals surface area contributed by atoms with E-state index in [9.17, 15) is 0 Å². The van der Waals surface area contributed by atoms with Gasteiger partial charge >= 0.3 is 0 Å². The molecule has 0 aromatic rings. The summed E-state index contributed by atoms with van der Waals surface area (Å²) in [5.74, 6) is 0.189. The zero-order valence-corrected chi connectivity index (χ0v) is 29.2. The predicted molar refractivity (Wildman–Crippen MR) is 160 cm³/mol. The fourth-order valence-corrected chi connectivity index (χ4v) is 7.20. The average molecular weight is 545 g/mol. The van der Waals surface area contributed by atoms with Gasteiger partial charge in [-0.05, 0) is 54.4 Å². The molecule has 1 heterocycles. The SMILES string of the molecule is C=C[C@H](C)[C@@H]1O[C@H](CO[Si](C)(C)C(C)(C)C)[C@@H](O[Si](C)(C)C(C)(C)C)C[C@@H]1O[Si](C)(C)C(C)(C)C. The summed E-state index contributed by atoms with van der Waals surface area (Å²) in [6, 6.07) is 0. The molecule has 0 radical (unpaired) electrons. The molecule has 1 aliphatic heterocycles. The molecule has 35 heavy (non-hydrogen) atoms. The lowest BCUT2D eigenvalue weighted by molar-refractivity contribution is -0.179. The van der Waals surface area contributed by atoms with E-state index in [0.717, 1.165) is 6.42 Å². The summed E-state index contributed by atoms with van der Waals surface area (Å²) >= 11 is 0. The van der Waals surface area contributed by atoms with Gasteiger partial charge in [0, 0.05) is 12.3 Å². The van der Waals surface area contributed by atoms with Crippen LogP contribution in [0.5, 0.6) is 0 Å². The molecule has 1 saturated heterocycles. The van der Waals surface area contributed by atoms with E-state index in [2.05, 4.69) is 115 Å².